The second kappa shape index (κ2) is 7.02. The molecule has 2 N–H and O–H groups in total. The summed E-state index contributed by atoms with van der Waals surface area (Å²) in [5.41, 5.74) is -0.349. The van der Waals surface area contributed by atoms with Crippen LogP contribution in [0.3, 0.4) is 0 Å². The van der Waals surface area contributed by atoms with Crippen molar-refractivity contribution in [1.82, 2.24) is 4.90 Å². The van der Waals surface area contributed by atoms with Crippen molar-refractivity contribution in [1.29, 1.82) is 0 Å². The lowest BCUT2D eigenvalue weighted by atomic mass is 9.78. The Labute approximate surface area is 153 Å². The van der Waals surface area contributed by atoms with Gasteiger partial charge in [-0.2, -0.15) is 0 Å². The Bertz CT molecular complexity index is 642. The number of amides is 2. The molecule has 138 valence electrons. The number of aliphatic hydroxyl groups is 1. The van der Waals surface area contributed by atoms with E-state index in [0.29, 0.717) is 49.0 Å². The molecule has 1 aromatic rings. The largest absolute Gasteiger partial charge is 0.495 e. The first-order valence-corrected chi connectivity index (χ1v) is 8.96. The van der Waals surface area contributed by atoms with Crippen LogP contribution >= 0.6 is 11.6 Å². The Morgan fingerprint density at radius 2 is 2.08 bits per heavy atom. The number of hydrogen-bond donors (Lipinski definition) is 2. The first kappa shape index (κ1) is 18.3. The Morgan fingerprint density at radius 3 is 2.68 bits per heavy atom. The maximum Gasteiger partial charge on any atom is 0.321 e. The van der Waals surface area contributed by atoms with E-state index in [4.69, 9.17) is 21.1 Å². The van der Waals surface area contributed by atoms with Crippen LogP contribution in [-0.2, 0) is 4.74 Å². The highest BCUT2D eigenvalue weighted by Gasteiger charge is 2.44. The molecule has 2 heterocycles. The molecule has 25 heavy (non-hydrogen) atoms. The number of ether oxygens (including phenoxy) is 2. The number of nitrogens with zero attached hydrogens (tertiary/aromatic N) is 1. The van der Waals surface area contributed by atoms with Crippen LogP contribution in [0.2, 0.25) is 5.02 Å². The van der Waals surface area contributed by atoms with Gasteiger partial charge in [0.1, 0.15) is 5.75 Å². The van der Waals surface area contributed by atoms with Gasteiger partial charge in [-0.05, 0) is 44.4 Å². The molecular weight excluding hydrogens is 344 g/mol. The van der Waals surface area contributed by atoms with E-state index in [-0.39, 0.29) is 11.6 Å². The molecule has 2 fully saturated rings. The standard InChI is InChI=1S/C18H25ClN2O4/c1-17(23)7-10-25-18(12-17)5-8-21(9-6-18)16(22)20-13-3-4-15(24-2)14(19)11-13/h3-4,11,23H,5-10,12H2,1-2H3,(H,20,22). The summed E-state index contributed by atoms with van der Waals surface area (Å²) >= 11 is 6.09. The molecule has 6 nitrogen and oxygen atoms in total. The number of piperidine rings is 1. The summed E-state index contributed by atoms with van der Waals surface area (Å²) in [6, 6.07) is 5.00. The van der Waals surface area contributed by atoms with Crippen LogP contribution < -0.4 is 10.1 Å². The van der Waals surface area contributed by atoms with Gasteiger partial charge in [0.2, 0.25) is 0 Å². The first-order valence-electron chi connectivity index (χ1n) is 8.58. The van der Waals surface area contributed by atoms with Crippen molar-refractivity contribution in [2.75, 3.05) is 32.1 Å². The fourth-order valence-electron chi connectivity index (χ4n) is 3.71. The number of likely N-dealkylation sites (tertiary alicyclic amines) is 1. The summed E-state index contributed by atoms with van der Waals surface area (Å²) in [5.74, 6) is 0.570. The quantitative estimate of drug-likeness (QED) is 0.840. The minimum absolute atomic E-state index is 0.154. The third kappa shape index (κ3) is 4.19. The number of benzene rings is 1. The number of methoxy groups -OCH3 is 1. The third-order valence-electron chi connectivity index (χ3n) is 5.12. The number of urea groups is 1. The number of carbonyl (C=O) groups excluding carboxylic acids is 1. The van der Waals surface area contributed by atoms with Gasteiger partial charge in [-0.3, -0.25) is 0 Å². The van der Waals surface area contributed by atoms with Gasteiger partial charge in [0.15, 0.2) is 0 Å². The van der Waals surface area contributed by atoms with Crippen LogP contribution in [0.4, 0.5) is 10.5 Å². The van der Waals surface area contributed by atoms with E-state index in [0.717, 1.165) is 12.8 Å². The fourth-order valence-corrected chi connectivity index (χ4v) is 3.96. The maximum atomic E-state index is 12.5. The van der Waals surface area contributed by atoms with E-state index in [9.17, 15) is 9.90 Å². The zero-order chi connectivity index (χ0) is 18.1. The van der Waals surface area contributed by atoms with Crippen LogP contribution in [0.25, 0.3) is 0 Å². The molecule has 2 aliphatic rings. The number of rotatable bonds is 2. The Balaban J connectivity index is 1.57. The molecule has 2 saturated heterocycles. The molecule has 1 atom stereocenters. The van der Waals surface area contributed by atoms with Crippen LogP contribution in [0, 0.1) is 0 Å². The van der Waals surface area contributed by atoms with E-state index in [1.165, 1.54) is 0 Å². The van der Waals surface area contributed by atoms with Gasteiger partial charge < -0.3 is 24.8 Å². The molecule has 1 unspecified atom stereocenters. The monoisotopic (exact) mass is 368 g/mol. The van der Waals surface area contributed by atoms with Gasteiger partial charge in [0.05, 0.1) is 29.9 Å². The summed E-state index contributed by atoms with van der Waals surface area (Å²) < 4.78 is 11.1. The van der Waals surface area contributed by atoms with Crippen molar-refractivity contribution in [3.8, 4) is 5.75 Å². The molecule has 1 aromatic carbocycles. The van der Waals surface area contributed by atoms with Gasteiger partial charge in [-0.25, -0.2) is 4.79 Å². The van der Waals surface area contributed by atoms with E-state index >= 15 is 0 Å². The van der Waals surface area contributed by atoms with Crippen LogP contribution in [0.1, 0.15) is 32.6 Å². The molecule has 0 aromatic heterocycles. The lowest BCUT2D eigenvalue weighted by Crippen LogP contribution is -2.54. The van der Waals surface area contributed by atoms with Crippen LogP contribution in [0.5, 0.6) is 5.75 Å². The van der Waals surface area contributed by atoms with Crippen molar-refractivity contribution in [3.05, 3.63) is 23.2 Å². The summed E-state index contributed by atoms with van der Waals surface area (Å²) in [4.78, 5) is 14.3. The molecule has 3 rings (SSSR count). The minimum atomic E-state index is -0.678. The average molecular weight is 369 g/mol. The third-order valence-corrected chi connectivity index (χ3v) is 5.41. The Morgan fingerprint density at radius 1 is 1.36 bits per heavy atom. The first-order chi connectivity index (χ1) is 11.8. The number of carbonyl (C=O) groups is 1. The second-order valence-electron chi connectivity index (χ2n) is 7.22. The molecule has 2 amide bonds. The maximum absolute atomic E-state index is 12.5. The Hall–Kier alpha value is -1.50. The number of anilines is 1. The molecule has 0 bridgehead atoms. The molecular formula is C18H25ClN2O4. The van der Waals surface area contributed by atoms with E-state index in [1.54, 1.807) is 30.2 Å². The highest BCUT2D eigenvalue weighted by atomic mass is 35.5. The van der Waals surface area contributed by atoms with Gasteiger partial charge in [-0.15, -0.1) is 0 Å². The predicted molar refractivity (Wildman–Crippen MR) is 96.4 cm³/mol. The summed E-state index contributed by atoms with van der Waals surface area (Å²) in [6.45, 7) is 3.64. The van der Waals surface area contributed by atoms with Crippen molar-refractivity contribution in [2.45, 2.75) is 43.8 Å². The minimum Gasteiger partial charge on any atom is -0.495 e. The molecule has 0 saturated carbocycles. The lowest BCUT2D eigenvalue weighted by molar-refractivity contribution is -0.169. The number of hydrogen-bond acceptors (Lipinski definition) is 4. The van der Waals surface area contributed by atoms with Crippen molar-refractivity contribution >= 4 is 23.3 Å². The van der Waals surface area contributed by atoms with Crippen molar-refractivity contribution < 1.29 is 19.4 Å². The van der Waals surface area contributed by atoms with Crippen LogP contribution in [0.15, 0.2) is 18.2 Å². The number of halogens is 1. The number of nitrogens with one attached hydrogen (secondary N) is 1. The second-order valence-corrected chi connectivity index (χ2v) is 7.63. The smallest absolute Gasteiger partial charge is 0.321 e. The Kier molecular flexibility index (Phi) is 5.14. The summed E-state index contributed by atoms with van der Waals surface area (Å²) in [6.07, 6.45) is 2.76. The van der Waals surface area contributed by atoms with Crippen LogP contribution in [-0.4, -0.2) is 54.0 Å². The lowest BCUT2D eigenvalue weighted by Gasteiger charge is -2.48. The molecule has 0 aliphatic carbocycles. The molecule has 0 radical (unpaired) electrons. The van der Waals surface area contributed by atoms with Crippen molar-refractivity contribution in [3.63, 3.8) is 0 Å². The van der Waals surface area contributed by atoms with Gasteiger partial charge >= 0.3 is 6.03 Å². The van der Waals surface area contributed by atoms with E-state index in [1.807, 2.05) is 6.92 Å². The highest BCUT2D eigenvalue weighted by molar-refractivity contribution is 6.32. The molecule has 1 spiro atoms. The highest BCUT2D eigenvalue weighted by Crippen LogP contribution is 2.39. The van der Waals surface area contributed by atoms with Gasteiger partial charge in [0.25, 0.3) is 0 Å². The molecule has 2 aliphatic heterocycles. The zero-order valence-corrected chi connectivity index (χ0v) is 15.4. The molecule has 7 heteroatoms. The normalized spacial score (nSPS) is 25.7. The predicted octanol–water partition coefficient (Wildman–Crippen LogP) is 3.28. The summed E-state index contributed by atoms with van der Waals surface area (Å²) in [7, 11) is 1.55. The van der Waals surface area contributed by atoms with E-state index < -0.39 is 5.60 Å². The topological polar surface area (TPSA) is 71.0 Å². The van der Waals surface area contributed by atoms with E-state index in [2.05, 4.69) is 5.32 Å². The average Bonchev–Trinajstić information content (AvgIpc) is 2.54. The van der Waals surface area contributed by atoms with Gasteiger partial charge in [0, 0.05) is 25.2 Å². The van der Waals surface area contributed by atoms with Gasteiger partial charge in [-0.1, -0.05) is 11.6 Å². The summed E-state index contributed by atoms with van der Waals surface area (Å²) in [5, 5.41) is 13.7. The van der Waals surface area contributed by atoms with Crippen molar-refractivity contribution in [2.24, 2.45) is 0 Å². The fraction of sp³-hybridized carbons (Fsp3) is 0.611. The zero-order valence-electron chi connectivity index (χ0n) is 14.7. The SMILES string of the molecule is COc1ccc(NC(=O)N2CCC3(CC2)CC(C)(O)CCO3)cc1Cl.